The molecule has 0 radical (unpaired) electrons. The smallest absolute Gasteiger partial charge is 0.449 e. The van der Waals surface area contributed by atoms with Crippen molar-refractivity contribution >= 4 is 6.09 Å². The summed E-state index contributed by atoms with van der Waals surface area (Å²) in [6.45, 7) is 0. The number of amides is 1. The molecule has 0 atom stereocenters. The Kier molecular flexibility index (Phi) is 1.96. The summed E-state index contributed by atoms with van der Waals surface area (Å²) in [4.78, 5) is 18.5. The van der Waals surface area contributed by atoms with Crippen LogP contribution in [0.4, 0.5) is 4.79 Å². The third kappa shape index (κ3) is 1.40. The van der Waals surface area contributed by atoms with Gasteiger partial charge in [0.1, 0.15) is 0 Å². The van der Waals surface area contributed by atoms with E-state index in [2.05, 4.69) is 4.74 Å². The Morgan fingerprint density at radius 1 is 1.83 bits per heavy atom. The fourth-order valence-electron chi connectivity index (χ4n) is 0.0373. The second kappa shape index (κ2) is 2.32. The van der Waals surface area contributed by atoms with Crippen LogP contribution in [0, 0.1) is 4.91 Å². The molecule has 0 aromatic carbocycles. The van der Waals surface area contributed by atoms with E-state index in [4.69, 9.17) is 4.91 Å². The van der Waals surface area contributed by atoms with Crippen LogP contribution in [-0.4, -0.2) is 13.2 Å². The Morgan fingerprint density at radius 3 is 2.33 bits per heavy atom. The van der Waals surface area contributed by atoms with E-state index in [9.17, 15) is 4.79 Å². The van der Waals surface area contributed by atoms with Gasteiger partial charge in [0.05, 0.1) is 12.3 Å². The summed E-state index contributed by atoms with van der Waals surface area (Å²) in [5.41, 5.74) is 0. The number of hydrogen-bond donors (Lipinski definition) is 0. The molecule has 0 fully saturated rings. The van der Waals surface area contributed by atoms with Gasteiger partial charge in [-0.15, -0.1) is 4.91 Å². The first-order valence-electron chi connectivity index (χ1n) is 1.22. The lowest BCUT2D eigenvalue weighted by molar-refractivity contribution is 0.182. The predicted molar refractivity (Wildman–Crippen MR) is 18.2 cm³/mol. The van der Waals surface area contributed by atoms with Crippen LogP contribution >= 0.6 is 0 Å². The molecule has 0 aliphatic heterocycles. The Balaban J connectivity index is 3.23. The first-order chi connectivity index (χ1) is 2.81. The van der Waals surface area contributed by atoms with Gasteiger partial charge in [0.25, 0.3) is 0 Å². The van der Waals surface area contributed by atoms with Crippen molar-refractivity contribution in [1.29, 1.82) is 0 Å². The summed E-state index contributed by atoms with van der Waals surface area (Å²) in [6, 6.07) is 0. The second-order valence-electron chi connectivity index (χ2n) is 0.561. The summed E-state index contributed by atoms with van der Waals surface area (Å²) in [5, 5.41) is 1.90. The van der Waals surface area contributed by atoms with Crippen LogP contribution in [-0.2, 0) is 4.74 Å². The Morgan fingerprint density at radius 2 is 2.33 bits per heavy atom. The third-order valence-corrected chi connectivity index (χ3v) is 0.249. The number of ether oxygens (including phenoxy) is 1. The maximum atomic E-state index is 9.48. The van der Waals surface area contributed by atoms with Gasteiger partial charge in [-0.05, 0) is 0 Å². The summed E-state index contributed by atoms with van der Waals surface area (Å²) in [6.07, 6.45) is -1.09. The van der Waals surface area contributed by atoms with Crippen molar-refractivity contribution in [2.24, 2.45) is 5.18 Å². The molecule has 0 saturated heterocycles. The summed E-state index contributed by atoms with van der Waals surface area (Å²) < 4.78 is 3.78. The molecule has 0 aromatic rings. The van der Waals surface area contributed by atoms with E-state index in [-0.39, 0.29) is 0 Å². The second-order valence-corrected chi connectivity index (χ2v) is 0.561. The zero-order chi connectivity index (χ0) is 4.99. The molecule has 0 aliphatic rings. The highest BCUT2D eigenvalue weighted by atomic mass is 16.6. The molecule has 0 heterocycles. The summed E-state index contributed by atoms with van der Waals surface area (Å²) >= 11 is 0. The molecule has 0 rings (SSSR count). The molecule has 0 unspecified atom stereocenters. The van der Waals surface area contributed by atoms with Crippen molar-refractivity contribution in [1.82, 2.24) is 0 Å². The van der Waals surface area contributed by atoms with E-state index in [1.165, 1.54) is 0 Å². The molecule has 0 N–H and O–H groups in total. The molecular formula is C2H3NO3. The highest BCUT2D eigenvalue weighted by Gasteiger charge is 1.89. The normalized spacial score (nSPS) is 6.83. The average molecular weight is 89.0 g/mol. The molecule has 1 amide bonds. The van der Waals surface area contributed by atoms with Gasteiger partial charge in [-0.1, -0.05) is 0 Å². The lowest BCUT2D eigenvalue weighted by Crippen LogP contribution is -1.87. The van der Waals surface area contributed by atoms with E-state index in [0.717, 1.165) is 7.11 Å². The van der Waals surface area contributed by atoms with Crippen molar-refractivity contribution in [2.75, 3.05) is 7.11 Å². The van der Waals surface area contributed by atoms with Crippen LogP contribution in [0.2, 0.25) is 0 Å². The van der Waals surface area contributed by atoms with Crippen LogP contribution in [0.15, 0.2) is 5.18 Å². The Labute approximate surface area is 34.1 Å². The zero-order valence-corrected chi connectivity index (χ0v) is 3.17. The number of carbonyl (C=O) groups is 1. The van der Waals surface area contributed by atoms with E-state index in [1.807, 2.05) is 5.18 Å². The molecule has 34 valence electrons. The largest absolute Gasteiger partial charge is 0.470 e. The maximum absolute atomic E-state index is 9.48. The molecule has 0 saturated carbocycles. The first kappa shape index (κ1) is 5.07. The van der Waals surface area contributed by atoms with Crippen molar-refractivity contribution in [2.45, 2.75) is 0 Å². The molecule has 0 bridgehead atoms. The monoisotopic (exact) mass is 89.0 g/mol. The highest BCUT2D eigenvalue weighted by molar-refractivity contribution is 5.67. The highest BCUT2D eigenvalue weighted by Crippen LogP contribution is 1.72. The molecule has 6 heavy (non-hydrogen) atoms. The van der Waals surface area contributed by atoms with Gasteiger partial charge in [0, 0.05) is 0 Å². The van der Waals surface area contributed by atoms with Crippen LogP contribution in [0.25, 0.3) is 0 Å². The minimum atomic E-state index is -1.09. The number of nitroso groups, excluding NO2 is 1. The molecule has 0 spiro atoms. The first-order valence-corrected chi connectivity index (χ1v) is 1.22. The number of methoxy groups -OCH3 is 1. The molecule has 4 nitrogen and oxygen atoms in total. The van der Waals surface area contributed by atoms with Gasteiger partial charge in [0.2, 0.25) is 0 Å². The maximum Gasteiger partial charge on any atom is 0.470 e. The van der Waals surface area contributed by atoms with Crippen molar-refractivity contribution in [3.8, 4) is 0 Å². The van der Waals surface area contributed by atoms with E-state index >= 15 is 0 Å². The lowest BCUT2D eigenvalue weighted by Gasteiger charge is -1.78. The lowest BCUT2D eigenvalue weighted by atomic mass is 11.2. The van der Waals surface area contributed by atoms with E-state index in [0.29, 0.717) is 0 Å². The van der Waals surface area contributed by atoms with Gasteiger partial charge in [0.15, 0.2) is 0 Å². The van der Waals surface area contributed by atoms with Crippen LogP contribution < -0.4 is 0 Å². The number of carbonyl (C=O) groups excluding carboxylic acids is 1. The average Bonchev–Trinajstić information content (AvgIpc) is 1.65. The summed E-state index contributed by atoms with van der Waals surface area (Å²) in [7, 11) is 1.09. The van der Waals surface area contributed by atoms with Crippen molar-refractivity contribution in [3.63, 3.8) is 0 Å². The minimum Gasteiger partial charge on any atom is -0.449 e. The molecule has 0 aliphatic carbocycles. The SMILES string of the molecule is COC(=O)N=O. The molecular weight excluding hydrogens is 86.0 g/mol. The third-order valence-electron chi connectivity index (χ3n) is 0.249. The van der Waals surface area contributed by atoms with Gasteiger partial charge in [-0.3, -0.25) is 0 Å². The molecule has 0 aromatic heterocycles. The topological polar surface area (TPSA) is 55.7 Å². The van der Waals surface area contributed by atoms with Crippen LogP contribution in [0.5, 0.6) is 0 Å². The standard InChI is InChI=1S/C2H3NO3/c1-6-2(4)3-5/h1H3. The predicted octanol–water partition coefficient (Wildman–Crippen LogP) is 0.519. The fraction of sp³-hybridized carbons (Fsp3) is 0.500. The van der Waals surface area contributed by atoms with Crippen LogP contribution in [0.1, 0.15) is 0 Å². The molecule has 4 heteroatoms. The van der Waals surface area contributed by atoms with Gasteiger partial charge in [-0.2, -0.15) is 0 Å². The summed E-state index contributed by atoms with van der Waals surface area (Å²) in [5.74, 6) is 0. The number of hydrogen-bond acceptors (Lipinski definition) is 3. The Bertz CT molecular complexity index is 69.2. The zero-order valence-electron chi connectivity index (χ0n) is 3.17. The van der Waals surface area contributed by atoms with Crippen molar-refractivity contribution < 1.29 is 9.53 Å². The van der Waals surface area contributed by atoms with Crippen molar-refractivity contribution in [3.05, 3.63) is 4.91 Å². The fourth-order valence-corrected chi connectivity index (χ4v) is 0.0373. The van der Waals surface area contributed by atoms with E-state index < -0.39 is 6.09 Å². The van der Waals surface area contributed by atoms with Crippen LogP contribution in [0.3, 0.4) is 0 Å². The number of nitrogens with zero attached hydrogens (tertiary/aromatic N) is 1. The quantitative estimate of drug-likeness (QED) is 0.406. The van der Waals surface area contributed by atoms with Gasteiger partial charge < -0.3 is 4.74 Å². The minimum absolute atomic E-state index is 1.09. The Hall–Kier alpha value is -0.930. The number of rotatable bonds is 0. The van der Waals surface area contributed by atoms with Gasteiger partial charge >= 0.3 is 6.09 Å². The van der Waals surface area contributed by atoms with E-state index in [1.54, 1.807) is 0 Å². The van der Waals surface area contributed by atoms with Gasteiger partial charge in [-0.25, -0.2) is 4.79 Å².